The number of pyridine rings is 1. The van der Waals surface area contributed by atoms with Crippen molar-refractivity contribution >= 4 is 11.6 Å². The number of nitrogens with zero attached hydrogens (tertiary/aromatic N) is 1. The first-order valence-corrected chi connectivity index (χ1v) is 6.96. The van der Waals surface area contributed by atoms with Crippen molar-refractivity contribution in [3.63, 3.8) is 0 Å². The molecule has 1 aromatic heterocycles. The Hall–Kier alpha value is -2.57. The second-order valence-electron chi connectivity index (χ2n) is 4.97. The van der Waals surface area contributed by atoms with E-state index in [1.165, 1.54) is 35.0 Å². The fourth-order valence-corrected chi connectivity index (χ4v) is 2.10. The van der Waals surface area contributed by atoms with Crippen LogP contribution in [0.1, 0.15) is 18.1 Å². The molecule has 0 unspecified atom stereocenters. The number of benzene rings is 1. The topological polar surface area (TPSA) is 51.1 Å². The highest BCUT2D eigenvalue weighted by Crippen LogP contribution is 2.29. The van der Waals surface area contributed by atoms with E-state index in [-0.39, 0.29) is 17.5 Å². The van der Waals surface area contributed by atoms with E-state index in [0.717, 1.165) is 12.1 Å². The summed E-state index contributed by atoms with van der Waals surface area (Å²) in [5.41, 5.74) is -0.296. The lowest BCUT2D eigenvalue weighted by Crippen LogP contribution is -2.20. The molecule has 0 radical (unpaired) electrons. The zero-order valence-corrected chi connectivity index (χ0v) is 12.4. The molecule has 0 saturated heterocycles. The van der Waals surface area contributed by atoms with Gasteiger partial charge in [-0.2, -0.15) is 13.2 Å². The molecular formula is C16H15F3N2O2. The SMILES string of the molecule is CCn1cc(NC(=O)Cc2cccc(C(F)(F)F)c2)ccc1=O. The van der Waals surface area contributed by atoms with E-state index < -0.39 is 17.6 Å². The molecular weight excluding hydrogens is 309 g/mol. The number of aryl methyl sites for hydroxylation is 1. The molecule has 1 aromatic carbocycles. The molecule has 0 aliphatic carbocycles. The smallest absolute Gasteiger partial charge is 0.324 e. The molecule has 0 bridgehead atoms. The van der Waals surface area contributed by atoms with Gasteiger partial charge in [-0.25, -0.2) is 0 Å². The summed E-state index contributed by atoms with van der Waals surface area (Å²) in [5, 5.41) is 2.57. The number of amides is 1. The number of anilines is 1. The van der Waals surface area contributed by atoms with Crippen LogP contribution in [-0.4, -0.2) is 10.5 Å². The van der Waals surface area contributed by atoms with Crippen LogP contribution >= 0.6 is 0 Å². The largest absolute Gasteiger partial charge is 0.416 e. The van der Waals surface area contributed by atoms with Gasteiger partial charge in [0.2, 0.25) is 5.91 Å². The van der Waals surface area contributed by atoms with Crippen LogP contribution in [-0.2, 0) is 23.9 Å². The standard InChI is InChI=1S/C16H15F3N2O2/c1-2-21-10-13(6-7-15(21)23)20-14(22)9-11-4-3-5-12(8-11)16(17,18)19/h3-8,10H,2,9H2,1H3,(H,20,22). The third kappa shape index (κ3) is 4.45. The van der Waals surface area contributed by atoms with Crippen molar-refractivity contribution in [2.45, 2.75) is 26.1 Å². The van der Waals surface area contributed by atoms with Crippen LogP contribution in [0.25, 0.3) is 0 Å². The number of hydrogen-bond acceptors (Lipinski definition) is 2. The Bertz CT molecular complexity index is 766. The van der Waals surface area contributed by atoms with Crippen molar-refractivity contribution in [1.29, 1.82) is 0 Å². The summed E-state index contributed by atoms with van der Waals surface area (Å²) >= 11 is 0. The Morgan fingerprint density at radius 1 is 1.22 bits per heavy atom. The van der Waals surface area contributed by atoms with E-state index >= 15 is 0 Å². The molecule has 0 saturated carbocycles. The molecule has 0 atom stereocenters. The Kier molecular flexibility index (Phi) is 4.88. The average Bonchev–Trinajstić information content (AvgIpc) is 2.48. The van der Waals surface area contributed by atoms with E-state index in [9.17, 15) is 22.8 Å². The molecule has 7 heteroatoms. The van der Waals surface area contributed by atoms with Crippen molar-refractivity contribution in [2.75, 3.05) is 5.32 Å². The zero-order valence-electron chi connectivity index (χ0n) is 12.4. The van der Waals surface area contributed by atoms with Crippen LogP contribution in [0.3, 0.4) is 0 Å². The van der Waals surface area contributed by atoms with Gasteiger partial charge in [0.25, 0.3) is 5.56 Å². The Labute approximate surface area is 130 Å². The summed E-state index contributed by atoms with van der Waals surface area (Å²) in [7, 11) is 0. The summed E-state index contributed by atoms with van der Waals surface area (Å²) in [4.78, 5) is 23.4. The van der Waals surface area contributed by atoms with Gasteiger partial charge in [0.1, 0.15) is 0 Å². The zero-order chi connectivity index (χ0) is 17.0. The average molecular weight is 324 g/mol. The van der Waals surface area contributed by atoms with Gasteiger partial charge in [0, 0.05) is 18.8 Å². The number of carbonyl (C=O) groups excluding carboxylic acids is 1. The maximum atomic E-state index is 12.6. The molecule has 1 N–H and O–H groups in total. The predicted octanol–water partition coefficient (Wildman–Crippen LogP) is 3.07. The van der Waals surface area contributed by atoms with Gasteiger partial charge in [-0.05, 0) is 24.6 Å². The molecule has 1 amide bonds. The number of hydrogen-bond donors (Lipinski definition) is 1. The number of rotatable bonds is 4. The molecule has 0 aliphatic rings. The second kappa shape index (κ2) is 6.68. The van der Waals surface area contributed by atoms with E-state index in [1.807, 2.05) is 0 Å². The highest BCUT2D eigenvalue weighted by molar-refractivity contribution is 5.92. The Morgan fingerprint density at radius 3 is 2.61 bits per heavy atom. The lowest BCUT2D eigenvalue weighted by atomic mass is 10.1. The lowest BCUT2D eigenvalue weighted by Gasteiger charge is -2.10. The number of nitrogens with one attached hydrogen (secondary N) is 1. The Balaban J connectivity index is 2.10. The maximum Gasteiger partial charge on any atom is 0.416 e. The van der Waals surface area contributed by atoms with E-state index in [1.54, 1.807) is 6.92 Å². The summed E-state index contributed by atoms with van der Waals surface area (Å²) in [6.45, 7) is 2.24. The molecule has 23 heavy (non-hydrogen) atoms. The molecule has 2 aromatic rings. The van der Waals surface area contributed by atoms with Crippen molar-refractivity contribution < 1.29 is 18.0 Å². The molecule has 1 heterocycles. The van der Waals surface area contributed by atoms with Crippen molar-refractivity contribution in [3.05, 3.63) is 64.1 Å². The van der Waals surface area contributed by atoms with Crippen molar-refractivity contribution in [2.24, 2.45) is 0 Å². The molecule has 122 valence electrons. The molecule has 0 spiro atoms. The first-order chi connectivity index (χ1) is 10.8. The van der Waals surface area contributed by atoms with Gasteiger partial charge in [-0.15, -0.1) is 0 Å². The van der Waals surface area contributed by atoms with E-state index in [4.69, 9.17) is 0 Å². The molecule has 2 rings (SSSR count). The minimum Gasteiger partial charge on any atom is -0.324 e. The van der Waals surface area contributed by atoms with Gasteiger partial charge in [0.15, 0.2) is 0 Å². The Morgan fingerprint density at radius 2 is 1.96 bits per heavy atom. The van der Waals surface area contributed by atoms with Gasteiger partial charge in [-0.1, -0.05) is 18.2 Å². The van der Waals surface area contributed by atoms with E-state index in [2.05, 4.69) is 5.32 Å². The summed E-state index contributed by atoms with van der Waals surface area (Å²) in [6.07, 6.45) is -3.13. The fraction of sp³-hybridized carbons (Fsp3) is 0.250. The number of aromatic nitrogens is 1. The third-order valence-electron chi connectivity index (χ3n) is 3.23. The third-order valence-corrected chi connectivity index (χ3v) is 3.23. The van der Waals surface area contributed by atoms with Crippen LogP contribution in [0.2, 0.25) is 0 Å². The highest BCUT2D eigenvalue weighted by atomic mass is 19.4. The minimum absolute atomic E-state index is 0.185. The second-order valence-corrected chi connectivity index (χ2v) is 4.97. The summed E-state index contributed by atoms with van der Waals surface area (Å²) in [5.74, 6) is -0.453. The van der Waals surface area contributed by atoms with Crippen molar-refractivity contribution in [3.8, 4) is 0 Å². The summed E-state index contributed by atoms with van der Waals surface area (Å²) < 4.78 is 39.3. The number of alkyl halides is 3. The monoisotopic (exact) mass is 324 g/mol. The highest BCUT2D eigenvalue weighted by Gasteiger charge is 2.30. The minimum atomic E-state index is -4.44. The van der Waals surface area contributed by atoms with Gasteiger partial charge < -0.3 is 9.88 Å². The number of carbonyl (C=O) groups is 1. The normalized spacial score (nSPS) is 11.3. The summed E-state index contributed by atoms with van der Waals surface area (Å²) in [6, 6.07) is 7.41. The van der Waals surface area contributed by atoms with Crippen LogP contribution in [0, 0.1) is 0 Å². The van der Waals surface area contributed by atoms with Crippen LogP contribution in [0.5, 0.6) is 0 Å². The quantitative estimate of drug-likeness (QED) is 0.940. The molecule has 4 nitrogen and oxygen atoms in total. The van der Waals surface area contributed by atoms with Gasteiger partial charge >= 0.3 is 6.18 Å². The van der Waals surface area contributed by atoms with Crippen molar-refractivity contribution in [1.82, 2.24) is 4.57 Å². The molecule has 0 aliphatic heterocycles. The van der Waals surface area contributed by atoms with E-state index in [0.29, 0.717) is 12.2 Å². The number of halogens is 3. The maximum absolute atomic E-state index is 12.6. The first-order valence-electron chi connectivity index (χ1n) is 6.96. The van der Waals surface area contributed by atoms with Crippen LogP contribution < -0.4 is 10.9 Å². The van der Waals surface area contributed by atoms with Crippen LogP contribution in [0.4, 0.5) is 18.9 Å². The predicted molar refractivity (Wildman–Crippen MR) is 80.2 cm³/mol. The lowest BCUT2D eigenvalue weighted by molar-refractivity contribution is -0.137. The first kappa shape index (κ1) is 16.8. The fourth-order valence-electron chi connectivity index (χ4n) is 2.10. The van der Waals surface area contributed by atoms with Gasteiger partial charge in [0.05, 0.1) is 17.7 Å². The van der Waals surface area contributed by atoms with Gasteiger partial charge in [-0.3, -0.25) is 9.59 Å². The van der Waals surface area contributed by atoms with Crippen LogP contribution in [0.15, 0.2) is 47.4 Å². The molecule has 0 fully saturated rings.